The Morgan fingerprint density at radius 3 is 2.06 bits per heavy atom. The van der Waals surface area contributed by atoms with Gasteiger partial charge in [0.1, 0.15) is 0 Å². The minimum absolute atomic E-state index is 0.371. The molecule has 1 fully saturated rings. The molecule has 1 aliphatic rings. The molecule has 1 rings (SSSR count). The van der Waals surface area contributed by atoms with Crippen LogP contribution in [-0.2, 0) is 0 Å². The molecule has 1 saturated carbocycles. The summed E-state index contributed by atoms with van der Waals surface area (Å²) in [7, 11) is -1.36. The van der Waals surface area contributed by atoms with Gasteiger partial charge in [0.25, 0.3) is 0 Å². The van der Waals surface area contributed by atoms with Crippen LogP contribution in [-0.4, -0.2) is 13.2 Å². The molecular formula is C14H28OSi. The van der Waals surface area contributed by atoms with Crippen LogP contribution >= 0.6 is 0 Å². The first kappa shape index (κ1) is 13.8. The smallest absolute Gasteiger partial charge is 0.0888 e. The van der Waals surface area contributed by atoms with Crippen LogP contribution < -0.4 is 0 Å². The van der Waals surface area contributed by atoms with Gasteiger partial charge in [0.15, 0.2) is 0 Å². The third-order valence-corrected chi connectivity index (χ3v) is 9.78. The van der Waals surface area contributed by atoms with Gasteiger partial charge in [0.2, 0.25) is 0 Å². The summed E-state index contributed by atoms with van der Waals surface area (Å²) in [5.74, 6) is 0.742. The molecule has 0 aromatic heterocycles. The summed E-state index contributed by atoms with van der Waals surface area (Å²) in [6, 6.07) is 0.964. The van der Waals surface area contributed by atoms with E-state index in [4.69, 9.17) is 0 Å². The second-order valence-corrected chi connectivity index (χ2v) is 12.5. The van der Waals surface area contributed by atoms with Gasteiger partial charge in [-0.15, -0.1) is 0 Å². The molecule has 0 radical (unpaired) electrons. The summed E-state index contributed by atoms with van der Waals surface area (Å²) in [4.78, 5) is 0. The number of aliphatic hydroxyl groups excluding tert-OH is 1. The van der Waals surface area contributed by atoms with Crippen LogP contribution in [0.1, 0.15) is 52.9 Å². The lowest BCUT2D eigenvalue weighted by atomic mass is 9.94. The summed E-state index contributed by atoms with van der Waals surface area (Å²) in [6.07, 6.45) is 6.17. The Morgan fingerprint density at radius 2 is 1.62 bits per heavy atom. The van der Waals surface area contributed by atoms with Gasteiger partial charge >= 0.3 is 0 Å². The van der Waals surface area contributed by atoms with Gasteiger partial charge < -0.3 is 5.11 Å². The Bertz CT molecular complexity index is 263. The molecule has 16 heavy (non-hydrogen) atoms. The Balaban J connectivity index is 2.72. The largest absolute Gasteiger partial charge is 0.513 e. The van der Waals surface area contributed by atoms with Gasteiger partial charge in [0.05, 0.1) is 13.8 Å². The molecule has 0 aromatic rings. The zero-order chi connectivity index (χ0) is 12.4. The summed E-state index contributed by atoms with van der Waals surface area (Å²) in [5, 5.41) is 10.7. The fourth-order valence-corrected chi connectivity index (χ4v) is 3.69. The van der Waals surface area contributed by atoms with Crippen molar-refractivity contribution in [2.24, 2.45) is 0 Å². The van der Waals surface area contributed by atoms with E-state index in [1.165, 1.54) is 24.8 Å². The van der Waals surface area contributed by atoms with Gasteiger partial charge in [-0.05, 0) is 36.3 Å². The van der Waals surface area contributed by atoms with Crippen LogP contribution in [0.5, 0.6) is 0 Å². The van der Waals surface area contributed by atoms with Crippen LogP contribution in [0.25, 0.3) is 0 Å². The molecule has 0 saturated heterocycles. The van der Waals surface area contributed by atoms with Crippen molar-refractivity contribution in [1.82, 2.24) is 0 Å². The van der Waals surface area contributed by atoms with E-state index in [9.17, 15) is 5.11 Å². The minimum Gasteiger partial charge on any atom is -0.513 e. The molecule has 0 amide bonds. The summed E-state index contributed by atoms with van der Waals surface area (Å²) >= 11 is 0. The first-order valence-electron chi connectivity index (χ1n) is 6.64. The van der Waals surface area contributed by atoms with E-state index in [0.717, 1.165) is 24.6 Å². The molecule has 2 heteroatoms. The molecule has 0 aliphatic heterocycles. The standard InChI is InChI=1S/C14H28OSi/c1-14(2,3)16(4,5)11-13(15)12-9-7-6-8-10-12/h15H,6-11H2,1-5H3. The van der Waals surface area contributed by atoms with Crippen LogP contribution in [0.3, 0.4) is 0 Å². The number of hydrogen-bond acceptors (Lipinski definition) is 1. The van der Waals surface area contributed by atoms with Crippen LogP contribution in [0.2, 0.25) is 24.2 Å². The highest BCUT2D eigenvalue weighted by atomic mass is 28.3. The monoisotopic (exact) mass is 240 g/mol. The van der Waals surface area contributed by atoms with Gasteiger partial charge in [0, 0.05) is 6.04 Å². The average Bonchev–Trinajstić information content (AvgIpc) is 2.16. The summed E-state index contributed by atoms with van der Waals surface area (Å²) < 4.78 is 0. The average molecular weight is 240 g/mol. The van der Waals surface area contributed by atoms with E-state index in [-0.39, 0.29) is 0 Å². The van der Waals surface area contributed by atoms with Crippen molar-refractivity contribution < 1.29 is 5.11 Å². The van der Waals surface area contributed by atoms with Gasteiger partial charge in [-0.1, -0.05) is 40.3 Å². The fourth-order valence-electron chi connectivity index (χ4n) is 2.08. The lowest BCUT2D eigenvalue weighted by Crippen LogP contribution is -2.37. The molecular weight excluding hydrogens is 212 g/mol. The molecule has 0 unspecified atom stereocenters. The lowest BCUT2D eigenvalue weighted by molar-refractivity contribution is 0.390. The van der Waals surface area contributed by atoms with E-state index in [0.29, 0.717) is 5.04 Å². The molecule has 94 valence electrons. The fraction of sp³-hybridized carbons (Fsp3) is 0.857. The van der Waals surface area contributed by atoms with Gasteiger partial charge in [-0.3, -0.25) is 0 Å². The number of aliphatic hydroxyl groups is 1. The second kappa shape index (κ2) is 4.95. The van der Waals surface area contributed by atoms with E-state index >= 15 is 0 Å². The highest BCUT2D eigenvalue weighted by Crippen LogP contribution is 2.41. The minimum atomic E-state index is -1.36. The molecule has 0 atom stereocenters. The predicted octanol–water partition coefficient (Wildman–Crippen LogP) is 5.27. The highest BCUT2D eigenvalue weighted by molar-refractivity contribution is 6.80. The molecule has 1 aliphatic carbocycles. The topological polar surface area (TPSA) is 20.2 Å². The van der Waals surface area contributed by atoms with Crippen LogP contribution in [0.4, 0.5) is 0 Å². The third-order valence-electron chi connectivity index (χ3n) is 4.50. The SMILES string of the molecule is CC(C)(C)[Si](C)(C)CC(O)=C1CCCCC1. The Labute approximate surface area is 102 Å². The predicted molar refractivity (Wildman–Crippen MR) is 74.7 cm³/mol. The van der Waals surface area contributed by atoms with Crippen molar-refractivity contribution in [1.29, 1.82) is 0 Å². The van der Waals surface area contributed by atoms with E-state index in [2.05, 4.69) is 33.9 Å². The third kappa shape index (κ3) is 3.37. The second-order valence-electron chi connectivity index (χ2n) is 6.92. The number of rotatable bonds is 2. The van der Waals surface area contributed by atoms with Gasteiger partial charge in [-0.2, -0.15) is 0 Å². The van der Waals surface area contributed by atoms with Gasteiger partial charge in [-0.25, -0.2) is 0 Å². The normalized spacial score (nSPS) is 18.7. The first-order valence-corrected chi connectivity index (χ1v) is 9.84. The van der Waals surface area contributed by atoms with Crippen molar-refractivity contribution in [2.75, 3.05) is 0 Å². The maximum Gasteiger partial charge on any atom is 0.0888 e. The van der Waals surface area contributed by atoms with E-state index in [1.807, 2.05) is 0 Å². The lowest BCUT2D eigenvalue weighted by Gasteiger charge is -2.37. The summed E-state index contributed by atoms with van der Waals surface area (Å²) in [6.45, 7) is 11.7. The quantitative estimate of drug-likeness (QED) is 0.515. The zero-order valence-electron chi connectivity index (χ0n) is 11.7. The van der Waals surface area contributed by atoms with E-state index in [1.54, 1.807) is 0 Å². The molecule has 0 spiro atoms. The number of allylic oxidation sites excluding steroid dienone is 2. The first-order chi connectivity index (χ1) is 7.24. The zero-order valence-corrected chi connectivity index (χ0v) is 12.7. The maximum absolute atomic E-state index is 10.3. The van der Waals surface area contributed by atoms with Crippen molar-refractivity contribution in [3.63, 3.8) is 0 Å². The molecule has 1 nitrogen and oxygen atoms in total. The molecule has 0 heterocycles. The maximum atomic E-state index is 10.3. The molecule has 1 N–H and O–H groups in total. The summed E-state index contributed by atoms with van der Waals surface area (Å²) in [5.41, 5.74) is 1.36. The highest BCUT2D eigenvalue weighted by Gasteiger charge is 2.36. The van der Waals surface area contributed by atoms with Crippen molar-refractivity contribution in [2.45, 2.75) is 77.1 Å². The van der Waals surface area contributed by atoms with E-state index < -0.39 is 8.07 Å². The Morgan fingerprint density at radius 1 is 1.12 bits per heavy atom. The molecule has 0 aromatic carbocycles. The molecule has 0 bridgehead atoms. The van der Waals surface area contributed by atoms with Crippen LogP contribution in [0, 0.1) is 0 Å². The van der Waals surface area contributed by atoms with Crippen LogP contribution in [0.15, 0.2) is 11.3 Å². The van der Waals surface area contributed by atoms with Crippen molar-refractivity contribution >= 4 is 8.07 Å². The Kier molecular flexibility index (Phi) is 4.27. The van der Waals surface area contributed by atoms with Crippen molar-refractivity contribution in [3.05, 3.63) is 11.3 Å². The Hall–Kier alpha value is -0.243. The van der Waals surface area contributed by atoms with Crippen molar-refractivity contribution in [3.8, 4) is 0 Å². The number of hydrogen-bond donors (Lipinski definition) is 1.